The molecule has 1 atom stereocenters. The first-order valence-electron chi connectivity index (χ1n) is 4.07. The molecule has 14 heavy (non-hydrogen) atoms. The molecule has 1 aromatic heterocycles. The molecule has 0 spiro atoms. The fourth-order valence-electron chi connectivity index (χ4n) is 1.08. The van der Waals surface area contributed by atoms with Gasteiger partial charge in [-0.25, -0.2) is 0 Å². The molecular formula is C9H10BrClN2S. The average Bonchev–Trinajstić information content (AvgIpc) is 2.50. The van der Waals surface area contributed by atoms with E-state index in [2.05, 4.69) is 22.0 Å². The largest absolute Gasteiger partial charge is 0.299 e. The molecule has 2 nitrogen and oxygen atoms in total. The molecule has 76 valence electrons. The van der Waals surface area contributed by atoms with Crippen molar-refractivity contribution in [2.24, 2.45) is 0 Å². The fraction of sp³-hybridized carbons (Fsp3) is 0.444. The van der Waals surface area contributed by atoms with Crippen molar-refractivity contribution in [2.45, 2.75) is 11.9 Å². The van der Waals surface area contributed by atoms with Crippen LogP contribution in [0.4, 0.5) is 0 Å². The maximum Gasteiger partial charge on any atom is 0.133 e. The van der Waals surface area contributed by atoms with E-state index in [1.165, 1.54) is 4.88 Å². The van der Waals surface area contributed by atoms with Gasteiger partial charge in [0.25, 0.3) is 0 Å². The molecule has 0 bridgehead atoms. The predicted octanol–water partition coefficient (Wildman–Crippen LogP) is 3.07. The van der Waals surface area contributed by atoms with Gasteiger partial charge in [-0.1, -0.05) is 0 Å². The Labute approximate surface area is 101 Å². The van der Waals surface area contributed by atoms with Crippen LogP contribution in [0.5, 0.6) is 0 Å². The number of halogens is 2. The smallest absolute Gasteiger partial charge is 0.133 e. The maximum absolute atomic E-state index is 8.54. The quantitative estimate of drug-likeness (QED) is 0.798. The second-order valence-corrected chi connectivity index (χ2v) is 5.46. The van der Waals surface area contributed by atoms with E-state index >= 15 is 0 Å². The molecule has 1 rings (SSSR count). The van der Waals surface area contributed by atoms with Gasteiger partial charge in [-0.05, 0) is 29.0 Å². The van der Waals surface area contributed by atoms with Crippen LogP contribution in [0.25, 0.3) is 0 Å². The zero-order valence-electron chi connectivity index (χ0n) is 7.70. The molecule has 1 unspecified atom stereocenters. The molecule has 0 amide bonds. The summed E-state index contributed by atoms with van der Waals surface area (Å²) in [6, 6.07) is 4.08. The summed E-state index contributed by atoms with van der Waals surface area (Å²) in [6.45, 7) is 1.43. The SMILES string of the molecule is CN(Cc1cc(Br)cs1)CC(Cl)C#N. The van der Waals surface area contributed by atoms with E-state index in [4.69, 9.17) is 16.9 Å². The van der Waals surface area contributed by atoms with Gasteiger partial charge in [0.2, 0.25) is 0 Å². The predicted molar refractivity (Wildman–Crippen MR) is 63.6 cm³/mol. The average molecular weight is 294 g/mol. The van der Waals surface area contributed by atoms with Gasteiger partial charge in [0.05, 0.1) is 6.07 Å². The van der Waals surface area contributed by atoms with Gasteiger partial charge in [-0.3, -0.25) is 4.90 Å². The van der Waals surface area contributed by atoms with Gasteiger partial charge in [-0.15, -0.1) is 22.9 Å². The lowest BCUT2D eigenvalue weighted by atomic mass is 10.4. The molecular weight excluding hydrogens is 284 g/mol. The third-order valence-electron chi connectivity index (χ3n) is 1.66. The Bertz CT molecular complexity index is 334. The Hall–Kier alpha value is -0.0800. The first kappa shape index (κ1) is 12.0. The van der Waals surface area contributed by atoms with E-state index in [9.17, 15) is 0 Å². The highest BCUT2D eigenvalue weighted by Gasteiger charge is 2.08. The van der Waals surface area contributed by atoms with Crippen molar-refractivity contribution < 1.29 is 0 Å². The second-order valence-electron chi connectivity index (χ2n) is 3.02. The summed E-state index contributed by atoms with van der Waals surface area (Å²) in [5, 5.41) is 10.2. The molecule has 1 aromatic rings. The topological polar surface area (TPSA) is 27.0 Å². The standard InChI is InChI=1S/C9H10BrClN2S/c1-13(4-8(11)3-12)5-9-2-7(10)6-14-9/h2,6,8H,4-5H2,1H3. The monoisotopic (exact) mass is 292 g/mol. The lowest BCUT2D eigenvalue weighted by Crippen LogP contribution is -2.24. The zero-order chi connectivity index (χ0) is 10.6. The van der Waals surface area contributed by atoms with E-state index in [1.54, 1.807) is 11.3 Å². The first-order valence-corrected chi connectivity index (χ1v) is 6.18. The summed E-state index contributed by atoms with van der Waals surface area (Å²) in [6.07, 6.45) is 0. The van der Waals surface area contributed by atoms with Crippen LogP contribution in [0, 0.1) is 11.3 Å². The Morgan fingerprint density at radius 3 is 3.00 bits per heavy atom. The molecule has 0 aliphatic carbocycles. The molecule has 0 saturated carbocycles. The van der Waals surface area contributed by atoms with Crippen LogP contribution in [0.15, 0.2) is 15.9 Å². The molecule has 0 saturated heterocycles. The van der Waals surface area contributed by atoms with Crippen LogP contribution in [0.2, 0.25) is 0 Å². The molecule has 0 aromatic carbocycles. The molecule has 0 aliphatic heterocycles. The van der Waals surface area contributed by atoms with Gasteiger partial charge in [0, 0.05) is 27.8 Å². The van der Waals surface area contributed by atoms with Crippen LogP contribution in [0.1, 0.15) is 4.88 Å². The van der Waals surface area contributed by atoms with Gasteiger partial charge in [0.15, 0.2) is 0 Å². The highest BCUT2D eigenvalue weighted by atomic mass is 79.9. The van der Waals surface area contributed by atoms with Crippen LogP contribution in [-0.4, -0.2) is 23.9 Å². The van der Waals surface area contributed by atoms with Crippen molar-refractivity contribution in [3.8, 4) is 6.07 Å². The molecule has 0 radical (unpaired) electrons. The number of hydrogen-bond donors (Lipinski definition) is 0. The molecule has 0 N–H and O–H groups in total. The van der Waals surface area contributed by atoms with Crippen molar-refractivity contribution in [1.82, 2.24) is 4.90 Å². The van der Waals surface area contributed by atoms with Crippen molar-refractivity contribution >= 4 is 38.9 Å². The minimum absolute atomic E-state index is 0.427. The molecule has 0 fully saturated rings. The number of thiophene rings is 1. The van der Waals surface area contributed by atoms with Crippen LogP contribution in [-0.2, 0) is 6.54 Å². The van der Waals surface area contributed by atoms with E-state index < -0.39 is 5.38 Å². The zero-order valence-corrected chi connectivity index (χ0v) is 10.9. The lowest BCUT2D eigenvalue weighted by molar-refractivity contribution is 0.340. The first-order chi connectivity index (χ1) is 6.61. The van der Waals surface area contributed by atoms with E-state index in [1.807, 2.05) is 23.4 Å². The maximum atomic E-state index is 8.54. The van der Waals surface area contributed by atoms with Crippen molar-refractivity contribution in [3.05, 3.63) is 20.8 Å². The van der Waals surface area contributed by atoms with Gasteiger partial charge in [-0.2, -0.15) is 5.26 Å². The van der Waals surface area contributed by atoms with Gasteiger partial charge in [0.1, 0.15) is 5.38 Å². The van der Waals surface area contributed by atoms with Crippen molar-refractivity contribution in [3.63, 3.8) is 0 Å². The van der Waals surface area contributed by atoms with Crippen molar-refractivity contribution in [2.75, 3.05) is 13.6 Å². The summed E-state index contributed by atoms with van der Waals surface area (Å²) in [4.78, 5) is 3.31. The minimum atomic E-state index is -0.427. The van der Waals surface area contributed by atoms with Crippen LogP contribution in [0.3, 0.4) is 0 Å². The third kappa shape index (κ3) is 3.97. The van der Waals surface area contributed by atoms with E-state index in [-0.39, 0.29) is 0 Å². The highest BCUT2D eigenvalue weighted by Crippen LogP contribution is 2.20. The van der Waals surface area contributed by atoms with E-state index in [0.29, 0.717) is 6.54 Å². The van der Waals surface area contributed by atoms with Gasteiger partial charge >= 0.3 is 0 Å². The van der Waals surface area contributed by atoms with E-state index in [0.717, 1.165) is 11.0 Å². The summed E-state index contributed by atoms with van der Waals surface area (Å²) in [7, 11) is 1.96. The minimum Gasteiger partial charge on any atom is -0.299 e. The summed E-state index contributed by atoms with van der Waals surface area (Å²) >= 11 is 10.8. The normalized spacial score (nSPS) is 12.8. The van der Waals surface area contributed by atoms with Crippen molar-refractivity contribution in [1.29, 1.82) is 5.26 Å². The van der Waals surface area contributed by atoms with Crippen LogP contribution < -0.4 is 0 Å². The summed E-state index contributed by atoms with van der Waals surface area (Å²) in [5.41, 5.74) is 0. The number of rotatable bonds is 4. The summed E-state index contributed by atoms with van der Waals surface area (Å²) < 4.78 is 1.11. The fourth-order valence-corrected chi connectivity index (χ4v) is 2.85. The number of nitrogens with zero attached hydrogens (tertiary/aromatic N) is 2. The Morgan fingerprint density at radius 1 is 1.79 bits per heavy atom. The highest BCUT2D eigenvalue weighted by molar-refractivity contribution is 9.10. The molecule has 5 heteroatoms. The second kappa shape index (κ2) is 5.72. The molecule has 0 aliphatic rings. The number of alkyl halides is 1. The van der Waals surface area contributed by atoms with Crippen LogP contribution >= 0.6 is 38.9 Å². The van der Waals surface area contributed by atoms with Gasteiger partial charge < -0.3 is 0 Å². The Morgan fingerprint density at radius 2 is 2.50 bits per heavy atom. The lowest BCUT2D eigenvalue weighted by Gasteiger charge is -2.15. The third-order valence-corrected chi connectivity index (χ3v) is 3.58. The number of nitriles is 1. The Kier molecular flexibility index (Phi) is 4.90. The summed E-state index contributed by atoms with van der Waals surface area (Å²) in [5.74, 6) is 0. The number of hydrogen-bond acceptors (Lipinski definition) is 3. The molecule has 1 heterocycles. The Balaban J connectivity index is 2.42.